The molecule has 0 saturated carbocycles. The molecule has 0 atom stereocenters. The summed E-state index contributed by atoms with van der Waals surface area (Å²) in [4.78, 5) is 23.7. The Kier molecular flexibility index (Phi) is 4.78. The summed E-state index contributed by atoms with van der Waals surface area (Å²) in [5, 5.41) is 21.5. The van der Waals surface area contributed by atoms with Crippen LogP contribution in [0.2, 0.25) is 0 Å². The monoisotopic (exact) mass is 392 g/mol. The lowest BCUT2D eigenvalue weighted by Crippen LogP contribution is -2.29. The molecule has 0 N–H and O–H groups in total. The van der Waals surface area contributed by atoms with Gasteiger partial charge in [-0.2, -0.15) is 28.5 Å². The normalized spacial score (nSPS) is 11.3. The van der Waals surface area contributed by atoms with Gasteiger partial charge in [-0.05, 0) is 18.2 Å². The van der Waals surface area contributed by atoms with E-state index in [1.807, 2.05) is 0 Å². The number of nitrogens with zero attached hydrogens (tertiary/aromatic N) is 6. The van der Waals surface area contributed by atoms with Gasteiger partial charge < -0.3 is 4.90 Å². The number of hydrogen-bond donors (Lipinski definition) is 0. The Hall–Kier alpha value is -3.83. The number of nitro groups is 1. The van der Waals surface area contributed by atoms with Crippen LogP contribution in [-0.2, 0) is 6.18 Å². The van der Waals surface area contributed by atoms with Crippen LogP contribution < -0.4 is 4.90 Å². The summed E-state index contributed by atoms with van der Waals surface area (Å²) in [5.74, 6) is -0.950. The third kappa shape index (κ3) is 3.51. The zero-order chi connectivity index (χ0) is 20.5. The van der Waals surface area contributed by atoms with Gasteiger partial charge in [0.1, 0.15) is 0 Å². The number of rotatable bonds is 4. The maximum absolute atomic E-state index is 13.7. The van der Waals surface area contributed by atoms with Crippen LogP contribution in [0.1, 0.15) is 16.1 Å². The van der Waals surface area contributed by atoms with Crippen LogP contribution in [0, 0.1) is 10.1 Å². The standard InChI is InChI=1S/C16H11F3N6O3/c1-23(12-6-7-20-21-8-12)15(26)13-9-22-24(14(13)16(17,18)19)10-2-4-11(5-3-10)25(27)28/h2-9H,1H3. The van der Waals surface area contributed by atoms with Gasteiger partial charge in [0, 0.05) is 19.2 Å². The minimum Gasteiger partial charge on any atom is -0.310 e. The topological polar surface area (TPSA) is 107 Å². The van der Waals surface area contributed by atoms with Crippen LogP contribution in [0.15, 0.2) is 48.9 Å². The fraction of sp³-hybridized carbons (Fsp3) is 0.125. The highest BCUT2D eigenvalue weighted by molar-refractivity contribution is 6.06. The smallest absolute Gasteiger partial charge is 0.310 e. The number of benzene rings is 1. The highest BCUT2D eigenvalue weighted by Gasteiger charge is 2.41. The maximum atomic E-state index is 13.7. The summed E-state index contributed by atoms with van der Waals surface area (Å²) in [5.41, 5.74) is -2.09. The van der Waals surface area contributed by atoms with Gasteiger partial charge in [0.25, 0.3) is 11.6 Å². The number of carbonyl (C=O) groups is 1. The molecule has 9 nitrogen and oxygen atoms in total. The van der Waals surface area contributed by atoms with Gasteiger partial charge in [0.15, 0.2) is 5.69 Å². The predicted octanol–water partition coefficient (Wildman–Crippen LogP) is 2.87. The third-order valence-electron chi connectivity index (χ3n) is 3.83. The minimum absolute atomic E-state index is 0.0785. The van der Waals surface area contributed by atoms with Gasteiger partial charge in [-0.15, -0.1) is 0 Å². The van der Waals surface area contributed by atoms with Crippen LogP contribution in [0.3, 0.4) is 0 Å². The molecule has 3 rings (SSSR count). The number of halogens is 3. The number of aromatic nitrogens is 4. The first-order chi connectivity index (χ1) is 13.2. The van der Waals surface area contributed by atoms with Crippen LogP contribution in [0.25, 0.3) is 5.69 Å². The molecule has 2 aromatic heterocycles. The molecule has 0 fully saturated rings. The van der Waals surface area contributed by atoms with E-state index in [0.29, 0.717) is 4.68 Å². The van der Waals surface area contributed by atoms with Crippen molar-refractivity contribution in [3.8, 4) is 5.69 Å². The predicted molar refractivity (Wildman–Crippen MR) is 90.0 cm³/mol. The van der Waals surface area contributed by atoms with Gasteiger partial charge in [-0.25, -0.2) is 4.68 Å². The van der Waals surface area contributed by atoms with E-state index in [1.165, 1.54) is 25.5 Å². The number of nitro benzene ring substituents is 1. The van der Waals surface area contributed by atoms with Gasteiger partial charge in [-0.3, -0.25) is 14.9 Å². The van der Waals surface area contributed by atoms with E-state index < -0.39 is 28.3 Å². The Morgan fingerprint density at radius 1 is 1.14 bits per heavy atom. The molecule has 1 aromatic carbocycles. The summed E-state index contributed by atoms with van der Waals surface area (Å²) in [7, 11) is 1.29. The molecule has 0 spiro atoms. The Morgan fingerprint density at radius 3 is 2.36 bits per heavy atom. The molecule has 2 heterocycles. The Bertz CT molecular complexity index is 1020. The molecular formula is C16H11F3N6O3. The number of hydrogen-bond acceptors (Lipinski definition) is 6. The van der Waals surface area contributed by atoms with Crippen molar-refractivity contribution in [2.45, 2.75) is 6.18 Å². The number of anilines is 1. The highest BCUT2D eigenvalue weighted by atomic mass is 19.4. The first-order valence-electron chi connectivity index (χ1n) is 7.65. The number of alkyl halides is 3. The number of carbonyl (C=O) groups excluding carboxylic acids is 1. The molecule has 0 bridgehead atoms. The van der Waals surface area contributed by atoms with Crippen molar-refractivity contribution in [2.75, 3.05) is 11.9 Å². The van der Waals surface area contributed by atoms with Crippen LogP contribution in [0.4, 0.5) is 24.5 Å². The lowest BCUT2D eigenvalue weighted by Gasteiger charge is -2.18. The van der Waals surface area contributed by atoms with Crippen molar-refractivity contribution >= 4 is 17.3 Å². The zero-order valence-corrected chi connectivity index (χ0v) is 14.2. The molecule has 0 radical (unpaired) electrons. The summed E-state index contributed by atoms with van der Waals surface area (Å²) < 4.78 is 41.6. The second kappa shape index (κ2) is 7.06. The molecule has 1 amide bonds. The van der Waals surface area contributed by atoms with Gasteiger partial charge in [-0.1, -0.05) is 0 Å². The summed E-state index contributed by atoms with van der Waals surface area (Å²) in [6, 6.07) is 5.75. The van der Waals surface area contributed by atoms with Crippen molar-refractivity contribution in [1.29, 1.82) is 0 Å². The molecule has 3 aromatic rings. The van der Waals surface area contributed by atoms with E-state index in [0.717, 1.165) is 35.4 Å². The van der Waals surface area contributed by atoms with Crippen molar-refractivity contribution in [1.82, 2.24) is 20.0 Å². The van der Waals surface area contributed by atoms with E-state index in [-0.39, 0.29) is 17.1 Å². The second-order valence-electron chi connectivity index (χ2n) is 5.55. The molecule has 144 valence electrons. The Balaban J connectivity index is 2.06. The van der Waals surface area contributed by atoms with Gasteiger partial charge in [0.2, 0.25) is 0 Å². The lowest BCUT2D eigenvalue weighted by molar-refractivity contribution is -0.384. The Morgan fingerprint density at radius 2 is 1.82 bits per heavy atom. The fourth-order valence-electron chi connectivity index (χ4n) is 2.47. The molecule has 28 heavy (non-hydrogen) atoms. The highest BCUT2D eigenvalue weighted by Crippen LogP contribution is 2.34. The average molecular weight is 392 g/mol. The first-order valence-corrected chi connectivity index (χ1v) is 7.65. The Labute approximate surface area is 155 Å². The molecular weight excluding hydrogens is 381 g/mol. The van der Waals surface area contributed by atoms with E-state index in [2.05, 4.69) is 15.3 Å². The van der Waals surface area contributed by atoms with Crippen LogP contribution in [-0.4, -0.2) is 37.9 Å². The summed E-state index contributed by atoms with van der Waals surface area (Å²) >= 11 is 0. The fourth-order valence-corrected chi connectivity index (χ4v) is 2.47. The van der Waals surface area contributed by atoms with Crippen molar-refractivity contribution < 1.29 is 22.9 Å². The molecule has 0 aliphatic rings. The summed E-state index contributed by atoms with van der Waals surface area (Å²) in [6.07, 6.45) is -1.58. The molecule has 0 aliphatic heterocycles. The molecule has 0 saturated heterocycles. The van der Waals surface area contributed by atoms with Crippen molar-refractivity contribution in [3.63, 3.8) is 0 Å². The first kappa shape index (κ1) is 18.9. The van der Waals surface area contributed by atoms with E-state index in [4.69, 9.17) is 0 Å². The van der Waals surface area contributed by atoms with Gasteiger partial charge in [0.05, 0.1) is 40.5 Å². The van der Waals surface area contributed by atoms with Crippen molar-refractivity contribution in [3.05, 3.63) is 70.3 Å². The van der Waals surface area contributed by atoms with E-state index >= 15 is 0 Å². The average Bonchev–Trinajstić information content (AvgIpc) is 3.13. The third-order valence-corrected chi connectivity index (χ3v) is 3.83. The molecule has 0 unspecified atom stereocenters. The largest absolute Gasteiger partial charge is 0.434 e. The molecule has 12 heteroatoms. The van der Waals surface area contributed by atoms with E-state index in [1.54, 1.807) is 0 Å². The quantitative estimate of drug-likeness (QED) is 0.499. The maximum Gasteiger partial charge on any atom is 0.434 e. The zero-order valence-electron chi connectivity index (χ0n) is 14.2. The molecule has 0 aliphatic carbocycles. The second-order valence-corrected chi connectivity index (χ2v) is 5.55. The van der Waals surface area contributed by atoms with E-state index in [9.17, 15) is 28.1 Å². The number of non-ortho nitro benzene ring substituents is 1. The van der Waals surface area contributed by atoms with Crippen LogP contribution >= 0.6 is 0 Å². The van der Waals surface area contributed by atoms with Crippen LogP contribution in [0.5, 0.6) is 0 Å². The number of amides is 1. The van der Waals surface area contributed by atoms with Gasteiger partial charge >= 0.3 is 6.18 Å². The minimum atomic E-state index is -4.90. The van der Waals surface area contributed by atoms with Crippen molar-refractivity contribution in [2.24, 2.45) is 0 Å². The SMILES string of the molecule is CN(C(=O)c1cnn(-c2ccc([N+](=O)[O-])cc2)c1C(F)(F)F)c1ccnnc1. The summed E-state index contributed by atoms with van der Waals surface area (Å²) in [6.45, 7) is 0. The lowest BCUT2D eigenvalue weighted by atomic mass is 10.2.